The zero-order valence-corrected chi connectivity index (χ0v) is 12.2. The van der Waals surface area contributed by atoms with Crippen LogP contribution >= 0.6 is 16.1 Å². The first-order valence-electron chi connectivity index (χ1n) is 4.55. The minimum absolute atomic E-state index is 0.152. The van der Waals surface area contributed by atoms with Crippen molar-refractivity contribution >= 4 is 25.8 Å². The summed E-state index contributed by atoms with van der Waals surface area (Å²) in [6.45, 7) is 13.3. The zero-order valence-electron chi connectivity index (χ0n) is 9.61. The fraction of sp³-hybridized carbons (Fsp3) is 1.00. The Labute approximate surface area is 86.3 Å². The van der Waals surface area contributed by atoms with Crippen molar-refractivity contribution in [3.63, 3.8) is 0 Å². The number of hydrogen-bond donors (Lipinski definition) is 0. The first kappa shape index (κ1) is 13.8. The van der Waals surface area contributed by atoms with Gasteiger partial charge in [0.1, 0.15) is 0 Å². The van der Waals surface area contributed by atoms with E-state index in [0.29, 0.717) is 0 Å². The molecule has 0 unspecified atom stereocenters. The lowest BCUT2D eigenvalue weighted by atomic mass is 11.0. The monoisotopic (exact) mass is 240 g/mol. The lowest BCUT2D eigenvalue weighted by molar-refractivity contribution is 1.41. The summed E-state index contributed by atoms with van der Waals surface area (Å²) in [5.41, 5.74) is 0. The van der Waals surface area contributed by atoms with E-state index in [-0.39, 0.29) is 16.1 Å². The smallest absolute Gasteiger partial charge is 0.0184 e. The maximum atomic E-state index is 4.88. The molecule has 0 aromatic carbocycles. The van der Waals surface area contributed by atoms with Gasteiger partial charge in [-0.15, -0.1) is 0 Å². The van der Waals surface area contributed by atoms with Crippen LogP contribution in [-0.4, -0.2) is 38.2 Å². The Morgan fingerprint density at radius 1 is 0.846 bits per heavy atom. The van der Waals surface area contributed by atoms with Crippen molar-refractivity contribution in [2.24, 2.45) is 8.27 Å². The van der Waals surface area contributed by atoms with Gasteiger partial charge in [0.2, 0.25) is 0 Å². The minimum atomic E-state index is -0.963. The van der Waals surface area contributed by atoms with E-state index in [4.69, 9.17) is 8.27 Å². The third-order valence-electron chi connectivity index (χ3n) is 1.56. The molecule has 0 aromatic heterocycles. The highest BCUT2D eigenvalue weighted by atomic mass is 32.2. The highest BCUT2D eigenvalue weighted by Gasteiger charge is 2.03. The van der Waals surface area contributed by atoms with Crippen LogP contribution in [0.2, 0.25) is 0 Å². The summed E-state index contributed by atoms with van der Waals surface area (Å²) in [5, 5.41) is 0. The predicted octanol–water partition coefficient (Wildman–Crippen LogP) is 3.86. The number of rotatable bonds is 4. The van der Waals surface area contributed by atoms with Crippen molar-refractivity contribution in [2.45, 2.75) is 13.8 Å². The first-order chi connectivity index (χ1) is 5.95. The standard InChI is InChI=1S/C8H22N2P2S/c1-7-13(8-2,9-11(3)4)10-12(5)6/h7-8H2,1-6H3. The van der Waals surface area contributed by atoms with Crippen LogP contribution in [0.4, 0.5) is 0 Å². The molecule has 0 aromatic rings. The summed E-state index contributed by atoms with van der Waals surface area (Å²) in [7, 11) is -1.27. The highest BCUT2D eigenvalue weighted by Crippen LogP contribution is 2.35. The molecule has 2 nitrogen and oxygen atoms in total. The second-order valence-electron chi connectivity index (χ2n) is 3.24. The third kappa shape index (κ3) is 5.30. The van der Waals surface area contributed by atoms with Gasteiger partial charge in [-0.25, -0.2) is 8.27 Å². The van der Waals surface area contributed by atoms with Crippen molar-refractivity contribution in [1.29, 1.82) is 0 Å². The van der Waals surface area contributed by atoms with Crippen LogP contribution in [-0.2, 0) is 9.62 Å². The average molecular weight is 240 g/mol. The van der Waals surface area contributed by atoms with Gasteiger partial charge >= 0.3 is 0 Å². The van der Waals surface area contributed by atoms with E-state index < -0.39 is 9.62 Å². The van der Waals surface area contributed by atoms with E-state index in [2.05, 4.69) is 40.5 Å². The van der Waals surface area contributed by atoms with Gasteiger partial charge in [0, 0.05) is 27.7 Å². The van der Waals surface area contributed by atoms with Gasteiger partial charge in [-0.05, 0) is 26.7 Å². The second kappa shape index (κ2) is 6.32. The average Bonchev–Trinajstić information content (AvgIpc) is 2.01. The summed E-state index contributed by atoms with van der Waals surface area (Å²) in [6.07, 6.45) is 0. The van der Waals surface area contributed by atoms with Crippen molar-refractivity contribution < 1.29 is 0 Å². The van der Waals surface area contributed by atoms with Gasteiger partial charge < -0.3 is 0 Å². The Balaban J connectivity index is 5.15. The Bertz CT molecular complexity index is 223. The predicted molar refractivity (Wildman–Crippen MR) is 70.8 cm³/mol. The molecular formula is C8H22N2P2S. The molecule has 0 saturated heterocycles. The third-order valence-corrected chi connectivity index (χ3v) is 8.45. The van der Waals surface area contributed by atoms with Crippen molar-refractivity contribution in [2.75, 3.05) is 38.2 Å². The van der Waals surface area contributed by atoms with Crippen LogP contribution < -0.4 is 0 Å². The molecule has 0 rings (SSSR count). The molecule has 0 fully saturated rings. The Morgan fingerprint density at radius 3 is 1.31 bits per heavy atom. The van der Waals surface area contributed by atoms with Crippen LogP contribution in [0.1, 0.15) is 13.8 Å². The maximum absolute atomic E-state index is 4.88. The summed E-state index contributed by atoms with van der Waals surface area (Å²) >= 11 is 0. The largest absolute Gasteiger partial charge is 0.232 e. The molecule has 0 atom stereocenters. The topological polar surface area (TPSA) is 24.7 Å². The normalized spacial score (nSPS) is 12.3. The maximum Gasteiger partial charge on any atom is 0.0184 e. The summed E-state index contributed by atoms with van der Waals surface area (Å²) in [4.78, 5) is 0. The summed E-state index contributed by atoms with van der Waals surface area (Å²) < 4.78 is 9.77. The molecule has 0 spiro atoms. The fourth-order valence-electron chi connectivity index (χ4n) is 1.06. The molecule has 0 N–H and O–H groups in total. The summed E-state index contributed by atoms with van der Waals surface area (Å²) in [5.74, 6) is 2.26. The highest BCUT2D eigenvalue weighted by molar-refractivity contribution is 8.00. The van der Waals surface area contributed by atoms with Gasteiger partial charge in [0.05, 0.1) is 0 Å². The van der Waals surface area contributed by atoms with Crippen LogP contribution in [0.3, 0.4) is 0 Å². The van der Waals surface area contributed by atoms with E-state index in [1.165, 1.54) is 0 Å². The Hall–Kier alpha value is 0.810. The van der Waals surface area contributed by atoms with E-state index in [0.717, 1.165) is 11.5 Å². The lowest BCUT2D eigenvalue weighted by Gasteiger charge is -2.15. The zero-order chi connectivity index (χ0) is 10.5. The van der Waals surface area contributed by atoms with Gasteiger partial charge in [0.15, 0.2) is 0 Å². The van der Waals surface area contributed by atoms with Crippen molar-refractivity contribution in [1.82, 2.24) is 0 Å². The Morgan fingerprint density at radius 2 is 1.15 bits per heavy atom. The van der Waals surface area contributed by atoms with Gasteiger partial charge in [-0.2, -0.15) is 0 Å². The van der Waals surface area contributed by atoms with Crippen LogP contribution in [0.5, 0.6) is 0 Å². The van der Waals surface area contributed by atoms with Crippen LogP contribution in [0, 0.1) is 0 Å². The Kier molecular flexibility index (Phi) is 6.72. The lowest BCUT2D eigenvalue weighted by Crippen LogP contribution is -2.04. The van der Waals surface area contributed by atoms with Crippen molar-refractivity contribution in [3.8, 4) is 0 Å². The molecule has 0 aliphatic carbocycles. The van der Waals surface area contributed by atoms with Crippen molar-refractivity contribution in [3.05, 3.63) is 0 Å². The number of nitrogens with zero attached hydrogens (tertiary/aromatic N) is 2. The van der Waals surface area contributed by atoms with Crippen LogP contribution in [0.25, 0.3) is 0 Å². The number of hydrogen-bond acceptors (Lipinski definition) is 2. The molecule has 0 heterocycles. The molecule has 80 valence electrons. The van der Waals surface area contributed by atoms with E-state index >= 15 is 0 Å². The molecule has 13 heavy (non-hydrogen) atoms. The second-order valence-corrected chi connectivity index (χ2v) is 10.7. The molecule has 0 saturated carbocycles. The summed E-state index contributed by atoms with van der Waals surface area (Å²) in [6, 6.07) is 0. The molecule has 0 bridgehead atoms. The van der Waals surface area contributed by atoms with Gasteiger partial charge in [-0.1, -0.05) is 23.5 Å². The first-order valence-corrected chi connectivity index (χ1v) is 10.8. The quantitative estimate of drug-likeness (QED) is 0.667. The SMILES string of the molecule is CCS(CC)(=NP(C)C)=NP(C)C. The fourth-order valence-corrected chi connectivity index (χ4v) is 8.60. The molecule has 0 aliphatic heterocycles. The van der Waals surface area contributed by atoms with Gasteiger partial charge in [-0.3, -0.25) is 0 Å². The van der Waals surface area contributed by atoms with E-state index in [1.54, 1.807) is 0 Å². The van der Waals surface area contributed by atoms with E-state index in [9.17, 15) is 0 Å². The molecule has 0 radical (unpaired) electrons. The molecular weight excluding hydrogens is 218 g/mol. The van der Waals surface area contributed by atoms with Crippen LogP contribution in [0.15, 0.2) is 8.27 Å². The molecule has 0 amide bonds. The molecule has 0 aliphatic rings. The molecule has 5 heteroatoms. The van der Waals surface area contributed by atoms with Gasteiger partial charge in [0.25, 0.3) is 0 Å². The van der Waals surface area contributed by atoms with E-state index in [1.807, 2.05) is 0 Å². The minimum Gasteiger partial charge on any atom is -0.232 e.